The highest BCUT2D eigenvalue weighted by Crippen LogP contribution is 2.22. The summed E-state index contributed by atoms with van der Waals surface area (Å²) in [6.07, 6.45) is 2.29. The number of carbonyl (C=O) groups is 1. The molecule has 148 valence electrons. The standard InChI is InChI=1S/C19H27ClFN5O/c1-24(2)18(27)12-22-19(23-14-6-7-14)26-10-8-25(9-11-26)13-15-16(20)4-3-5-17(15)21/h3-5,14H,6-13H2,1-2H3,(H,22,23). The number of piperazine rings is 1. The molecule has 0 unspecified atom stereocenters. The van der Waals surface area contributed by atoms with Crippen LogP contribution < -0.4 is 5.32 Å². The Bertz CT molecular complexity index is 679. The molecule has 1 aliphatic carbocycles. The second-order valence-electron chi connectivity index (χ2n) is 7.31. The Morgan fingerprint density at radius 2 is 2.00 bits per heavy atom. The van der Waals surface area contributed by atoms with Crippen molar-refractivity contribution in [2.45, 2.75) is 25.4 Å². The Kier molecular flexibility index (Phi) is 6.55. The van der Waals surface area contributed by atoms with E-state index in [0.717, 1.165) is 45.0 Å². The molecule has 8 heteroatoms. The topological polar surface area (TPSA) is 51.2 Å². The fourth-order valence-corrected chi connectivity index (χ4v) is 3.18. The molecular formula is C19H27ClFN5O. The van der Waals surface area contributed by atoms with E-state index in [2.05, 4.69) is 20.1 Å². The van der Waals surface area contributed by atoms with E-state index >= 15 is 0 Å². The molecule has 0 aromatic heterocycles. The summed E-state index contributed by atoms with van der Waals surface area (Å²) >= 11 is 6.15. The third-order valence-electron chi connectivity index (χ3n) is 4.89. The van der Waals surface area contributed by atoms with Crippen LogP contribution in [-0.2, 0) is 11.3 Å². The number of carbonyl (C=O) groups excluding carboxylic acids is 1. The van der Waals surface area contributed by atoms with Gasteiger partial charge in [-0.2, -0.15) is 0 Å². The summed E-state index contributed by atoms with van der Waals surface area (Å²) in [7, 11) is 3.47. The summed E-state index contributed by atoms with van der Waals surface area (Å²) in [5.41, 5.74) is 0.550. The lowest BCUT2D eigenvalue weighted by atomic mass is 10.2. The van der Waals surface area contributed by atoms with Crippen LogP contribution in [0.3, 0.4) is 0 Å². The van der Waals surface area contributed by atoms with Gasteiger partial charge >= 0.3 is 0 Å². The molecule has 0 atom stereocenters. The average Bonchev–Trinajstić information content (AvgIpc) is 3.46. The Morgan fingerprint density at radius 1 is 1.30 bits per heavy atom. The smallest absolute Gasteiger partial charge is 0.243 e. The molecule has 3 rings (SSSR count). The summed E-state index contributed by atoms with van der Waals surface area (Å²) < 4.78 is 14.0. The van der Waals surface area contributed by atoms with Gasteiger partial charge in [-0.15, -0.1) is 0 Å². The Hall–Kier alpha value is -1.86. The van der Waals surface area contributed by atoms with Crippen LogP contribution in [0.25, 0.3) is 0 Å². The van der Waals surface area contributed by atoms with E-state index in [0.29, 0.717) is 23.2 Å². The zero-order valence-corrected chi connectivity index (χ0v) is 16.7. The van der Waals surface area contributed by atoms with Gasteiger partial charge < -0.3 is 15.1 Å². The Morgan fingerprint density at radius 3 is 2.59 bits per heavy atom. The third kappa shape index (κ3) is 5.56. The number of benzene rings is 1. The predicted octanol–water partition coefficient (Wildman–Crippen LogP) is 1.79. The maximum absolute atomic E-state index is 14.0. The van der Waals surface area contributed by atoms with Crippen molar-refractivity contribution in [2.24, 2.45) is 4.99 Å². The minimum absolute atomic E-state index is 0.0158. The van der Waals surface area contributed by atoms with Gasteiger partial charge in [0.05, 0.1) is 0 Å². The van der Waals surface area contributed by atoms with Crippen LogP contribution in [-0.4, -0.2) is 79.4 Å². The molecule has 0 radical (unpaired) electrons. The molecule has 2 fully saturated rings. The molecule has 1 N–H and O–H groups in total. The quantitative estimate of drug-likeness (QED) is 0.610. The largest absolute Gasteiger partial charge is 0.353 e. The van der Waals surface area contributed by atoms with Gasteiger partial charge in [0, 0.05) is 63.4 Å². The van der Waals surface area contributed by atoms with Crippen LogP contribution in [0.4, 0.5) is 4.39 Å². The first kappa shape index (κ1) is 19.9. The van der Waals surface area contributed by atoms with Crippen molar-refractivity contribution in [1.29, 1.82) is 0 Å². The van der Waals surface area contributed by atoms with Crippen molar-refractivity contribution in [3.05, 3.63) is 34.6 Å². The molecule has 1 amide bonds. The van der Waals surface area contributed by atoms with E-state index in [1.165, 1.54) is 6.07 Å². The number of nitrogens with zero attached hydrogens (tertiary/aromatic N) is 4. The van der Waals surface area contributed by atoms with Crippen molar-refractivity contribution in [3.8, 4) is 0 Å². The summed E-state index contributed by atoms with van der Waals surface area (Å²) in [6, 6.07) is 5.26. The maximum atomic E-state index is 14.0. The normalized spacial score (nSPS) is 18.5. The highest BCUT2D eigenvalue weighted by atomic mass is 35.5. The van der Waals surface area contributed by atoms with Gasteiger partial charge in [-0.25, -0.2) is 9.38 Å². The Labute approximate surface area is 165 Å². The highest BCUT2D eigenvalue weighted by Gasteiger charge is 2.27. The molecule has 1 heterocycles. The molecule has 1 aromatic rings. The number of aliphatic imine (C=N–C) groups is 1. The summed E-state index contributed by atoms with van der Waals surface area (Å²) in [4.78, 5) is 22.3. The summed E-state index contributed by atoms with van der Waals surface area (Å²) in [6.45, 7) is 3.78. The molecule has 2 aliphatic rings. The lowest BCUT2D eigenvalue weighted by Gasteiger charge is -2.36. The minimum atomic E-state index is -0.259. The molecular weight excluding hydrogens is 369 g/mol. The maximum Gasteiger partial charge on any atom is 0.243 e. The molecule has 1 aliphatic heterocycles. The molecule has 6 nitrogen and oxygen atoms in total. The van der Waals surface area contributed by atoms with Crippen LogP contribution in [0.15, 0.2) is 23.2 Å². The first-order valence-corrected chi connectivity index (χ1v) is 9.73. The SMILES string of the molecule is CN(C)C(=O)CN=C(NC1CC1)N1CCN(Cc2c(F)cccc2Cl)CC1. The van der Waals surface area contributed by atoms with Crippen molar-refractivity contribution >= 4 is 23.5 Å². The van der Waals surface area contributed by atoms with E-state index in [4.69, 9.17) is 11.6 Å². The molecule has 27 heavy (non-hydrogen) atoms. The van der Waals surface area contributed by atoms with E-state index in [9.17, 15) is 9.18 Å². The number of guanidine groups is 1. The van der Waals surface area contributed by atoms with Gasteiger partial charge in [0.15, 0.2) is 5.96 Å². The number of nitrogens with one attached hydrogen (secondary N) is 1. The van der Waals surface area contributed by atoms with Crippen molar-refractivity contribution in [3.63, 3.8) is 0 Å². The Balaban J connectivity index is 1.58. The van der Waals surface area contributed by atoms with E-state index < -0.39 is 0 Å². The number of likely N-dealkylation sites (N-methyl/N-ethyl adjacent to an activating group) is 1. The van der Waals surface area contributed by atoms with Gasteiger partial charge in [-0.3, -0.25) is 9.69 Å². The van der Waals surface area contributed by atoms with Gasteiger partial charge in [0.1, 0.15) is 12.4 Å². The number of hydrogen-bond donors (Lipinski definition) is 1. The van der Waals surface area contributed by atoms with Crippen LogP contribution in [0, 0.1) is 5.82 Å². The van der Waals surface area contributed by atoms with Crippen LogP contribution >= 0.6 is 11.6 Å². The van der Waals surface area contributed by atoms with E-state index in [-0.39, 0.29) is 18.3 Å². The van der Waals surface area contributed by atoms with Gasteiger partial charge in [0.25, 0.3) is 0 Å². The first-order chi connectivity index (χ1) is 12.9. The predicted molar refractivity (Wildman–Crippen MR) is 105 cm³/mol. The fourth-order valence-electron chi connectivity index (χ4n) is 2.96. The average molecular weight is 396 g/mol. The molecule has 1 saturated carbocycles. The number of rotatable bonds is 5. The highest BCUT2D eigenvalue weighted by molar-refractivity contribution is 6.31. The molecule has 0 spiro atoms. The minimum Gasteiger partial charge on any atom is -0.353 e. The second kappa shape index (κ2) is 8.89. The monoisotopic (exact) mass is 395 g/mol. The molecule has 1 aromatic carbocycles. The van der Waals surface area contributed by atoms with Crippen LogP contribution in [0.2, 0.25) is 5.02 Å². The van der Waals surface area contributed by atoms with Crippen LogP contribution in [0.1, 0.15) is 18.4 Å². The number of hydrogen-bond acceptors (Lipinski definition) is 3. The zero-order valence-electron chi connectivity index (χ0n) is 15.9. The second-order valence-corrected chi connectivity index (χ2v) is 7.72. The van der Waals surface area contributed by atoms with Crippen LogP contribution in [0.5, 0.6) is 0 Å². The third-order valence-corrected chi connectivity index (χ3v) is 5.24. The fraction of sp³-hybridized carbons (Fsp3) is 0.579. The number of amides is 1. The number of halogens is 2. The summed E-state index contributed by atoms with van der Waals surface area (Å²) in [5.74, 6) is 0.527. The zero-order chi connectivity index (χ0) is 19.4. The van der Waals surface area contributed by atoms with E-state index in [1.54, 1.807) is 31.1 Å². The van der Waals surface area contributed by atoms with E-state index in [1.807, 2.05) is 0 Å². The van der Waals surface area contributed by atoms with Gasteiger partial charge in [-0.05, 0) is 25.0 Å². The van der Waals surface area contributed by atoms with Gasteiger partial charge in [-0.1, -0.05) is 17.7 Å². The van der Waals surface area contributed by atoms with Crippen molar-refractivity contribution < 1.29 is 9.18 Å². The van der Waals surface area contributed by atoms with Crippen molar-refractivity contribution in [1.82, 2.24) is 20.0 Å². The first-order valence-electron chi connectivity index (χ1n) is 9.35. The lowest BCUT2D eigenvalue weighted by molar-refractivity contribution is -0.127. The molecule has 1 saturated heterocycles. The van der Waals surface area contributed by atoms with Crippen molar-refractivity contribution in [2.75, 3.05) is 46.8 Å². The molecule has 0 bridgehead atoms. The van der Waals surface area contributed by atoms with Gasteiger partial charge in [0.2, 0.25) is 5.91 Å². The lowest BCUT2D eigenvalue weighted by Crippen LogP contribution is -2.52. The summed E-state index contributed by atoms with van der Waals surface area (Å²) in [5, 5.41) is 3.91.